The van der Waals surface area contributed by atoms with E-state index in [2.05, 4.69) is 25.6 Å². The van der Waals surface area contributed by atoms with E-state index >= 15 is 0 Å². The summed E-state index contributed by atoms with van der Waals surface area (Å²) in [5.41, 5.74) is 2.98. The van der Waals surface area contributed by atoms with Crippen LogP contribution >= 0.6 is 0 Å². The second-order valence-electron chi connectivity index (χ2n) is 7.18. The summed E-state index contributed by atoms with van der Waals surface area (Å²) >= 11 is 0. The number of benzene rings is 2. The van der Waals surface area contributed by atoms with Gasteiger partial charge in [-0.25, -0.2) is 9.37 Å². The topological polar surface area (TPSA) is 85.6 Å². The highest BCUT2D eigenvalue weighted by Crippen LogP contribution is 2.32. The van der Waals surface area contributed by atoms with E-state index in [9.17, 15) is 9.18 Å². The number of rotatable bonds is 3. The first kappa shape index (κ1) is 16.9. The average molecular weight is 377 g/mol. The third-order valence-corrected chi connectivity index (χ3v) is 5.25. The monoisotopic (exact) mass is 377 g/mol. The van der Waals surface area contributed by atoms with Gasteiger partial charge in [-0.2, -0.15) is 0 Å². The Morgan fingerprint density at radius 3 is 2.82 bits per heavy atom. The molecule has 142 valence electrons. The molecule has 6 nitrogen and oxygen atoms in total. The molecule has 1 fully saturated rings. The van der Waals surface area contributed by atoms with Gasteiger partial charge >= 0.3 is 0 Å². The van der Waals surface area contributed by atoms with Gasteiger partial charge in [0.25, 0.3) is 5.56 Å². The van der Waals surface area contributed by atoms with Gasteiger partial charge in [0.1, 0.15) is 17.2 Å². The normalized spacial score (nSPS) is 17.2. The number of imidazole rings is 1. The van der Waals surface area contributed by atoms with Crippen LogP contribution in [0.25, 0.3) is 33.3 Å². The summed E-state index contributed by atoms with van der Waals surface area (Å²) in [6.45, 7) is 1.78. The van der Waals surface area contributed by atoms with Gasteiger partial charge in [-0.3, -0.25) is 4.79 Å². The molecule has 2 aromatic heterocycles. The molecule has 4 aromatic rings. The van der Waals surface area contributed by atoms with E-state index in [4.69, 9.17) is 0 Å². The Balaban J connectivity index is 1.75. The van der Waals surface area contributed by atoms with Crippen LogP contribution in [-0.2, 0) is 0 Å². The number of nitrogens with zero attached hydrogens (tertiary/aromatic N) is 1. The number of anilines is 1. The molecule has 0 bridgehead atoms. The summed E-state index contributed by atoms with van der Waals surface area (Å²) in [6, 6.07) is 12.2. The number of halogens is 1. The van der Waals surface area contributed by atoms with Crippen molar-refractivity contribution in [2.45, 2.75) is 18.9 Å². The van der Waals surface area contributed by atoms with Crippen LogP contribution in [-0.4, -0.2) is 34.1 Å². The standard InChI is InChI=1S/C21H20FN5O/c22-12-7-8-15-14(10-12)19(24-13-4-3-9-23-11-13)18(21(28)27-15)20-25-16-5-1-2-6-17(16)26-20/h1-2,5-8,10,13,23H,3-4,9,11H2,(H,25,26)(H2,24,27,28). The average Bonchev–Trinajstić information content (AvgIpc) is 3.13. The lowest BCUT2D eigenvalue weighted by Crippen LogP contribution is -2.38. The first-order valence-corrected chi connectivity index (χ1v) is 9.47. The van der Waals surface area contributed by atoms with Crippen molar-refractivity contribution in [1.82, 2.24) is 20.3 Å². The van der Waals surface area contributed by atoms with Crippen LogP contribution in [0.15, 0.2) is 47.3 Å². The second-order valence-corrected chi connectivity index (χ2v) is 7.18. The van der Waals surface area contributed by atoms with E-state index in [1.54, 1.807) is 6.07 Å². The number of fused-ring (bicyclic) bond motifs is 2. The molecular formula is C21H20FN5O. The Bertz CT molecular complexity index is 1190. The molecule has 1 saturated heterocycles. The van der Waals surface area contributed by atoms with Crippen molar-refractivity contribution in [3.63, 3.8) is 0 Å². The minimum absolute atomic E-state index is 0.158. The van der Waals surface area contributed by atoms with Crippen LogP contribution in [0.4, 0.5) is 10.1 Å². The lowest BCUT2D eigenvalue weighted by atomic mass is 10.0. The molecule has 5 rings (SSSR count). The van der Waals surface area contributed by atoms with E-state index in [0.717, 1.165) is 37.0 Å². The minimum Gasteiger partial charge on any atom is -0.380 e. The smallest absolute Gasteiger partial charge is 0.261 e. The molecule has 4 N–H and O–H groups in total. The maximum Gasteiger partial charge on any atom is 0.261 e. The van der Waals surface area contributed by atoms with Gasteiger partial charge < -0.3 is 20.6 Å². The van der Waals surface area contributed by atoms with E-state index in [1.807, 2.05) is 24.3 Å². The van der Waals surface area contributed by atoms with Crippen molar-refractivity contribution in [2.24, 2.45) is 0 Å². The third-order valence-electron chi connectivity index (χ3n) is 5.25. The zero-order chi connectivity index (χ0) is 19.1. The van der Waals surface area contributed by atoms with Gasteiger partial charge in [-0.15, -0.1) is 0 Å². The number of aromatic nitrogens is 3. The number of para-hydroxylation sites is 2. The largest absolute Gasteiger partial charge is 0.380 e. The van der Waals surface area contributed by atoms with Gasteiger partial charge in [-0.1, -0.05) is 12.1 Å². The molecule has 28 heavy (non-hydrogen) atoms. The number of H-pyrrole nitrogens is 2. The number of hydrogen-bond acceptors (Lipinski definition) is 4. The molecule has 0 amide bonds. The fourth-order valence-corrected chi connectivity index (χ4v) is 3.89. The summed E-state index contributed by atoms with van der Waals surface area (Å²) in [5, 5.41) is 7.50. The van der Waals surface area contributed by atoms with Crippen molar-refractivity contribution in [3.05, 3.63) is 58.6 Å². The van der Waals surface area contributed by atoms with Crippen LogP contribution < -0.4 is 16.2 Å². The number of hydrogen-bond donors (Lipinski definition) is 4. The lowest BCUT2D eigenvalue weighted by molar-refractivity contribution is 0.480. The fraction of sp³-hybridized carbons (Fsp3) is 0.238. The molecular weight excluding hydrogens is 357 g/mol. The molecule has 3 heterocycles. The Morgan fingerprint density at radius 2 is 2.00 bits per heavy atom. The fourth-order valence-electron chi connectivity index (χ4n) is 3.89. The van der Waals surface area contributed by atoms with Gasteiger partial charge in [0.15, 0.2) is 0 Å². The zero-order valence-corrected chi connectivity index (χ0v) is 15.2. The summed E-state index contributed by atoms with van der Waals surface area (Å²) in [7, 11) is 0. The minimum atomic E-state index is -0.347. The Kier molecular flexibility index (Phi) is 4.09. The Labute approximate surface area is 160 Å². The van der Waals surface area contributed by atoms with E-state index in [-0.39, 0.29) is 17.4 Å². The highest BCUT2D eigenvalue weighted by molar-refractivity contribution is 5.99. The van der Waals surface area contributed by atoms with Crippen LogP contribution in [0.1, 0.15) is 12.8 Å². The summed E-state index contributed by atoms with van der Waals surface area (Å²) in [6.07, 6.45) is 2.03. The van der Waals surface area contributed by atoms with Gasteiger partial charge in [-0.05, 0) is 49.7 Å². The van der Waals surface area contributed by atoms with Gasteiger partial charge in [0.05, 0.1) is 22.2 Å². The maximum absolute atomic E-state index is 14.0. The van der Waals surface area contributed by atoms with Crippen LogP contribution in [0.3, 0.4) is 0 Å². The SMILES string of the molecule is O=c1[nH]c2ccc(F)cc2c(NC2CCCNC2)c1-c1nc2ccccc2[nH]1. The second kappa shape index (κ2) is 6.76. The zero-order valence-electron chi connectivity index (χ0n) is 15.2. The van der Waals surface area contributed by atoms with Crippen molar-refractivity contribution >= 4 is 27.6 Å². The van der Waals surface area contributed by atoms with Gasteiger partial charge in [0, 0.05) is 18.0 Å². The van der Waals surface area contributed by atoms with Gasteiger partial charge in [0.2, 0.25) is 0 Å². The Hall–Kier alpha value is -3.19. The van der Waals surface area contributed by atoms with Crippen LogP contribution in [0, 0.1) is 5.82 Å². The number of nitrogens with one attached hydrogen (secondary N) is 4. The molecule has 0 saturated carbocycles. The molecule has 0 radical (unpaired) electrons. The Morgan fingerprint density at radius 1 is 1.11 bits per heavy atom. The molecule has 1 unspecified atom stereocenters. The molecule has 0 spiro atoms. The molecule has 1 atom stereocenters. The molecule has 1 aliphatic rings. The number of piperidine rings is 1. The lowest BCUT2D eigenvalue weighted by Gasteiger charge is -2.26. The third kappa shape index (κ3) is 2.93. The highest BCUT2D eigenvalue weighted by Gasteiger charge is 2.21. The van der Waals surface area contributed by atoms with E-state index in [0.29, 0.717) is 28.0 Å². The molecule has 2 aromatic carbocycles. The predicted molar refractivity (Wildman–Crippen MR) is 109 cm³/mol. The highest BCUT2D eigenvalue weighted by atomic mass is 19.1. The predicted octanol–water partition coefficient (Wildman–Crippen LogP) is 3.37. The van der Waals surface area contributed by atoms with Crippen molar-refractivity contribution in [2.75, 3.05) is 18.4 Å². The van der Waals surface area contributed by atoms with Crippen LogP contribution in [0.2, 0.25) is 0 Å². The first-order chi connectivity index (χ1) is 13.7. The quantitative estimate of drug-likeness (QED) is 0.441. The summed E-state index contributed by atoms with van der Waals surface area (Å²) in [5.74, 6) is 0.125. The van der Waals surface area contributed by atoms with Crippen molar-refractivity contribution in [1.29, 1.82) is 0 Å². The summed E-state index contributed by atoms with van der Waals surface area (Å²) < 4.78 is 14.0. The molecule has 1 aliphatic heterocycles. The number of pyridine rings is 1. The first-order valence-electron chi connectivity index (χ1n) is 9.47. The van der Waals surface area contributed by atoms with Crippen LogP contribution in [0.5, 0.6) is 0 Å². The maximum atomic E-state index is 14.0. The van der Waals surface area contributed by atoms with Crippen molar-refractivity contribution in [3.8, 4) is 11.4 Å². The molecule has 0 aliphatic carbocycles. The van der Waals surface area contributed by atoms with E-state index < -0.39 is 0 Å². The molecule has 7 heteroatoms. The number of aromatic amines is 2. The van der Waals surface area contributed by atoms with Crippen molar-refractivity contribution < 1.29 is 4.39 Å². The summed E-state index contributed by atoms with van der Waals surface area (Å²) in [4.78, 5) is 23.7. The van der Waals surface area contributed by atoms with E-state index in [1.165, 1.54) is 12.1 Å².